The zero-order chi connectivity index (χ0) is 22.3. The molecule has 0 amide bonds. The van der Waals surface area contributed by atoms with Crippen LogP contribution in [0.3, 0.4) is 0 Å². The lowest BCUT2D eigenvalue weighted by Crippen LogP contribution is -2.39. The maximum Gasteiger partial charge on any atom is 0.330 e. The first-order valence-electron chi connectivity index (χ1n) is 11.6. The Balaban J connectivity index is 1.78. The first-order valence-corrected chi connectivity index (χ1v) is 11.6. The smallest absolute Gasteiger partial charge is 0.330 e. The molecule has 0 aliphatic heterocycles. The van der Waals surface area contributed by atoms with E-state index >= 15 is 0 Å². The van der Waals surface area contributed by atoms with Crippen molar-refractivity contribution in [2.75, 3.05) is 7.11 Å². The van der Waals surface area contributed by atoms with Gasteiger partial charge in [-0.05, 0) is 60.0 Å². The van der Waals surface area contributed by atoms with Gasteiger partial charge in [-0.1, -0.05) is 87.9 Å². The first kappa shape index (κ1) is 23.2. The molecule has 4 atom stereocenters. The van der Waals surface area contributed by atoms with Gasteiger partial charge in [-0.15, -0.1) is 0 Å². The second-order valence-electron chi connectivity index (χ2n) is 9.64. The van der Waals surface area contributed by atoms with Crippen LogP contribution in [0.25, 0.3) is 0 Å². The van der Waals surface area contributed by atoms with E-state index in [9.17, 15) is 4.79 Å². The lowest BCUT2D eigenvalue weighted by Gasteiger charge is -2.43. The summed E-state index contributed by atoms with van der Waals surface area (Å²) in [6, 6.07) is 20.6. The quantitative estimate of drug-likeness (QED) is 0.374. The number of carbonyl (C=O) groups is 1. The third-order valence-electron chi connectivity index (χ3n) is 7.09. The molecule has 3 nitrogen and oxygen atoms in total. The zero-order valence-corrected chi connectivity index (χ0v) is 19.5. The van der Waals surface area contributed by atoms with Crippen LogP contribution in [-0.4, -0.2) is 25.3 Å². The van der Waals surface area contributed by atoms with Crippen molar-refractivity contribution in [3.63, 3.8) is 0 Å². The van der Waals surface area contributed by atoms with E-state index in [1.165, 1.54) is 31.1 Å². The Morgan fingerprint density at radius 3 is 2.39 bits per heavy atom. The molecule has 2 aromatic carbocycles. The molecule has 0 bridgehead atoms. The van der Waals surface area contributed by atoms with E-state index in [1.807, 2.05) is 18.2 Å². The van der Waals surface area contributed by atoms with Crippen molar-refractivity contribution < 1.29 is 9.53 Å². The van der Waals surface area contributed by atoms with Gasteiger partial charge in [-0.25, -0.2) is 4.79 Å². The second kappa shape index (κ2) is 10.7. The number of aliphatic imine (C=N–C) groups is 1. The van der Waals surface area contributed by atoms with Crippen LogP contribution in [-0.2, 0) is 21.4 Å². The number of nitrogens with zero attached hydrogens (tertiary/aromatic N) is 1. The molecule has 0 spiro atoms. The van der Waals surface area contributed by atoms with Crippen LogP contribution in [0.2, 0.25) is 0 Å². The maximum absolute atomic E-state index is 12.4. The Kier molecular flexibility index (Phi) is 8.06. The number of hydrogen-bond acceptors (Lipinski definition) is 3. The molecule has 31 heavy (non-hydrogen) atoms. The largest absolute Gasteiger partial charge is 0.467 e. The molecule has 1 aliphatic rings. The Hall–Kier alpha value is -2.42. The lowest BCUT2D eigenvalue weighted by molar-refractivity contribution is -0.142. The van der Waals surface area contributed by atoms with Gasteiger partial charge in [-0.3, -0.25) is 4.99 Å². The molecule has 0 unspecified atom stereocenters. The highest BCUT2D eigenvalue weighted by Crippen LogP contribution is 2.45. The van der Waals surface area contributed by atoms with Crippen LogP contribution in [0, 0.1) is 17.8 Å². The number of methoxy groups -OCH3 is 1. The highest BCUT2D eigenvalue weighted by atomic mass is 16.5. The summed E-state index contributed by atoms with van der Waals surface area (Å²) >= 11 is 0. The van der Waals surface area contributed by atoms with Crippen molar-refractivity contribution in [3.8, 4) is 0 Å². The van der Waals surface area contributed by atoms with Crippen molar-refractivity contribution in [2.24, 2.45) is 22.7 Å². The minimum atomic E-state index is -0.442. The van der Waals surface area contributed by atoms with Gasteiger partial charge in [-0.2, -0.15) is 0 Å². The highest BCUT2D eigenvalue weighted by molar-refractivity contribution is 5.78. The Bertz CT molecular complexity index is 844. The SMILES string of the molecule is COC(=O)[C@H](CCc1ccccc1)N=C[C@H]1C[C@H](C)CC[C@H]1C(C)(C)c1ccccc1. The molecular weight excluding hydrogens is 382 g/mol. The predicted octanol–water partition coefficient (Wildman–Crippen LogP) is 6.26. The fourth-order valence-electron chi connectivity index (χ4n) is 5.12. The molecule has 1 fully saturated rings. The number of ether oxygens (including phenoxy) is 1. The Labute approximate surface area is 187 Å². The molecule has 2 aromatic rings. The van der Waals surface area contributed by atoms with Crippen LogP contribution in [0.1, 0.15) is 57.6 Å². The fraction of sp³-hybridized carbons (Fsp3) is 0.500. The molecule has 0 saturated heterocycles. The summed E-state index contributed by atoms with van der Waals surface area (Å²) in [6.45, 7) is 7.05. The molecule has 0 heterocycles. The monoisotopic (exact) mass is 419 g/mol. The summed E-state index contributed by atoms with van der Waals surface area (Å²) < 4.78 is 5.07. The van der Waals surface area contributed by atoms with Gasteiger partial charge in [0.1, 0.15) is 6.04 Å². The second-order valence-corrected chi connectivity index (χ2v) is 9.64. The van der Waals surface area contributed by atoms with Crippen LogP contribution in [0.5, 0.6) is 0 Å². The van der Waals surface area contributed by atoms with E-state index in [1.54, 1.807) is 0 Å². The minimum Gasteiger partial charge on any atom is -0.467 e. The molecule has 166 valence electrons. The van der Waals surface area contributed by atoms with Gasteiger partial charge in [0, 0.05) is 6.21 Å². The van der Waals surface area contributed by atoms with Crippen LogP contribution in [0.4, 0.5) is 0 Å². The highest BCUT2D eigenvalue weighted by Gasteiger charge is 2.39. The summed E-state index contributed by atoms with van der Waals surface area (Å²) in [4.78, 5) is 17.3. The van der Waals surface area contributed by atoms with Crippen molar-refractivity contribution in [1.29, 1.82) is 0 Å². The number of esters is 1. The molecule has 0 N–H and O–H groups in total. The zero-order valence-electron chi connectivity index (χ0n) is 19.5. The van der Waals surface area contributed by atoms with E-state index in [0.29, 0.717) is 24.2 Å². The van der Waals surface area contributed by atoms with E-state index in [-0.39, 0.29) is 11.4 Å². The van der Waals surface area contributed by atoms with Crippen molar-refractivity contribution in [1.82, 2.24) is 0 Å². The predicted molar refractivity (Wildman–Crippen MR) is 129 cm³/mol. The topological polar surface area (TPSA) is 38.7 Å². The van der Waals surface area contributed by atoms with E-state index in [2.05, 4.69) is 69.5 Å². The summed E-state index contributed by atoms with van der Waals surface area (Å²) in [6.07, 6.45) is 7.14. The van der Waals surface area contributed by atoms with Gasteiger partial charge >= 0.3 is 5.97 Å². The van der Waals surface area contributed by atoms with Crippen molar-refractivity contribution in [2.45, 2.75) is 64.3 Å². The molecule has 1 saturated carbocycles. The number of hydrogen-bond donors (Lipinski definition) is 0. The number of carbonyl (C=O) groups excluding carboxylic acids is 1. The van der Waals surface area contributed by atoms with Crippen LogP contribution >= 0.6 is 0 Å². The summed E-state index contributed by atoms with van der Waals surface area (Å²) in [7, 11) is 1.46. The van der Waals surface area contributed by atoms with Gasteiger partial charge in [0.15, 0.2) is 0 Å². The van der Waals surface area contributed by atoms with E-state index in [0.717, 1.165) is 12.8 Å². The molecule has 0 aromatic heterocycles. The average molecular weight is 420 g/mol. The number of aryl methyl sites for hydroxylation is 1. The normalized spacial score (nSPS) is 22.9. The van der Waals surface area contributed by atoms with Crippen LogP contribution < -0.4 is 0 Å². The van der Waals surface area contributed by atoms with Gasteiger partial charge < -0.3 is 4.74 Å². The standard InChI is InChI=1S/C28H37NO2/c1-21-15-17-25(28(2,3)24-13-9-6-10-14-24)23(19-21)20-29-26(27(30)31-4)18-16-22-11-7-5-8-12-22/h5-14,20-21,23,25-26H,15-19H2,1-4H3/t21-,23-,25-,26+/m1/s1. The van der Waals surface area contributed by atoms with Crippen LogP contribution in [0.15, 0.2) is 65.7 Å². The van der Waals surface area contributed by atoms with Gasteiger partial charge in [0.05, 0.1) is 7.11 Å². The number of benzene rings is 2. The third kappa shape index (κ3) is 6.06. The molecule has 0 radical (unpaired) electrons. The third-order valence-corrected chi connectivity index (χ3v) is 7.09. The summed E-state index contributed by atoms with van der Waals surface area (Å²) in [5.41, 5.74) is 2.66. The molecule has 1 aliphatic carbocycles. The van der Waals surface area contributed by atoms with Crippen molar-refractivity contribution >= 4 is 12.2 Å². The van der Waals surface area contributed by atoms with E-state index < -0.39 is 6.04 Å². The minimum absolute atomic E-state index is 0.0584. The average Bonchev–Trinajstić information content (AvgIpc) is 2.79. The molecular formula is C28H37NO2. The molecule has 3 rings (SSSR count). The van der Waals surface area contributed by atoms with Crippen molar-refractivity contribution in [3.05, 3.63) is 71.8 Å². The summed E-state index contributed by atoms with van der Waals surface area (Å²) in [5, 5.41) is 0. The summed E-state index contributed by atoms with van der Waals surface area (Å²) in [5.74, 6) is 1.31. The van der Waals surface area contributed by atoms with Gasteiger partial charge in [0.25, 0.3) is 0 Å². The lowest BCUT2D eigenvalue weighted by atomic mass is 9.61. The Morgan fingerprint density at radius 2 is 1.74 bits per heavy atom. The maximum atomic E-state index is 12.4. The van der Waals surface area contributed by atoms with Gasteiger partial charge in [0.2, 0.25) is 0 Å². The molecule has 3 heteroatoms. The fourth-order valence-corrected chi connectivity index (χ4v) is 5.12. The van der Waals surface area contributed by atoms with E-state index in [4.69, 9.17) is 9.73 Å². The number of rotatable bonds is 8. The first-order chi connectivity index (χ1) is 14.9. The Morgan fingerprint density at radius 1 is 1.10 bits per heavy atom.